The number of hydrogen-bond acceptors (Lipinski definition) is 1. The molecule has 0 saturated carbocycles. The number of allylic oxidation sites excluding steroid dienone is 1. The predicted octanol–water partition coefficient (Wildman–Crippen LogP) is 5.38. The van der Waals surface area contributed by atoms with E-state index in [4.69, 9.17) is 0 Å². The molecule has 0 radical (unpaired) electrons. The minimum atomic E-state index is 0.701. The van der Waals surface area contributed by atoms with E-state index in [0.717, 1.165) is 12.1 Å². The average molecular weight is 317 g/mol. The van der Waals surface area contributed by atoms with Crippen molar-refractivity contribution >= 4 is 5.57 Å². The van der Waals surface area contributed by atoms with Crippen molar-refractivity contribution in [3.63, 3.8) is 0 Å². The van der Waals surface area contributed by atoms with Gasteiger partial charge in [-0.15, -0.1) is 0 Å². The zero-order valence-corrected chi connectivity index (χ0v) is 14.6. The van der Waals surface area contributed by atoms with Crippen molar-refractivity contribution in [3.05, 3.63) is 77.9 Å². The molecule has 3 atom stereocenters. The molecule has 0 amide bonds. The van der Waals surface area contributed by atoms with Crippen LogP contribution in [-0.2, 0) is 0 Å². The van der Waals surface area contributed by atoms with Crippen molar-refractivity contribution in [2.45, 2.75) is 44.2 Å². The summed E-state index contributed by atoms with van der Waals surface area (Å²) < 4.78 is 0. The lowest BCUT2D eigenvalue weighted by molar-refractivity contribution is 0.0486. The Morgan fingerprint density at radius 1 is 0.833 bits per heavy atom. The van der Waals surface area contributed by atoms with Gasteiger partial charge < -0.3 is 4.90 Å². The molecule has 2 aromatic rings. The van der Waals surface area contributed by atoms with E-state index in [1.807, 2.05) is 0 Å². The number of nitrogens with zero attached hydrogens (tertiary/aromatic N) is 1. The maximum atomic E-state index is 2.65. The number of hydrogen-bond donors (Lipinski definition) is 0. The van der Waals surface area contributed by atoms with Gasteiger partial charge in [-0.3, -0.25) is 0 Å². The zero-order chi connectivity index (χ0) is 16.4. The molecule has 4 rings (SSSR count). The van der Waals surface area contributed by atoms with Crippen LogP contribution in [0.3, 0.4) is 0 Å². The third-order valence-corrected chi connectivity index (χ3v) is 5.95. The summed E-state index contributed by atoms with van der Waals surface area (Å²) in [7, 11) is 2.34. The highest BCUT2D eigenvalue weighted by Gasteiger charge is 2.35. The van der Waals surface area contributed by atoms with Gasteiger partial charge in [0.1, 0.15) is 0 Å². The van der Waals surface area contributed by atoms with Gasteiger partial charge in [-0.05, 0) is 55.3 Å². The molecule has 1 heteroatoms. The Labute approximate surface area is 146 Å². The normalized spacial score (nSPS) is 26.8. The predicted molar refractivity (Wildman–Crippen MR) is 102 cm³/mol. The summed E-state index contributed by atoms with van der Waals surface area (Å²) >= 11 is 0. The van der Waals surface area contributed by atoms with Crippen molar-refractivity contribution < 1.29 is 0 Å². The number of benzene rings is 2. The van der Waals surface area contributed by atoms with E-state index in [1.165, 1.54) is 48.8 Å². The van der Waals surface area contributed by atoms with E-state index < -0.39 is 0 Å². The third kappa shape index (κ3) is 3.18. The van der Waals surface area contributed by atoms with Gasteiger partial charge in [-0.25, -0.2) is 0 Å². The van der Waals surface area contributed by atoms with Gasteiger partial charge in [0.25, 0.3) is 0 Å². The van der Waals surface area contributed by atoms with Crippen LogP contribution in [0, 0.1) is 5.92 Å². The van der Waals surface area contributed by atoms with Gasteiger partial charge in [0.15, 0.2) is 0 Å². The van der Waals surface area contributed by atoms with Crippen LogP contribution in [0.4, 0.5) is 0 Å². The second-order valence-electron chi connectivity index (χ2n) is 7.45. The molecule has 0 aromatic heterocycles. The van der Waals surface area contributed by atoms with Gasteiger partial charge in [0.2, 0.25) is 0 Å². The SMILES string of the molecule is CN1[C@@H]2CCC[C@H]1C[C@@H](C=C(c1ccccc1)c1ccccc1)C2. The van der Waals surface area contributed by atoms with E-state index in [-0.39, 0.29) is 0 Å². The maximum Gasteiger partial charge on any atom is 0.0101 e. The maximum absolute atomic E-state index is 2.65. The second-order valence-corrected chi connectivity index (χ2v) is 7.45. The summed E-state index contributed by atoms with van der Waals surface area (Å²) in [5, 5.41) is 0. The van der Waals surface area contributed by atoms with Crippen molar-refractivity contribution in [2.75, 3.05) is 7.05 Å². The monoisotopic (exact) mass is 317 g/mol. The standard InChI is InChI=1S/C23H27N/c1-24-21-13-8-14-22(24)16-18(15-21)17-23(19-9-4-2-5-10-19)20-11-6-3-7-12-20/h2-7,9-12,17-18,21-22H,8,13-16H2,1H3/t18-,21+,22-. The molecule has 0 N–H and O–H groups in total. The molecule has 2 aliphatic rings. The first-order valence-corrected chi connectivity index (χ1v) is 9.36. The van der Waals surface area contributed by atoms with Crippen molar-refractivity contribution in [1.82, 2.24) is 4.90 Å². The minimum absolute atomic E-state index is 0.701. The van der Waals surface area contributed by atoms with Gasteiger partial charge in [0.05, 0.1) is 0 Å². The van der Waals surface area contributed by atoms with Crippen LogP contribution < -0.4 is 0 Å². The van der Waals surface area contributed by atoms with Crippen molar-refractivity contribution in [2.24, 2.45) is 5.92 Å². The van der Waals surface area contributed by atoms with E-state index in [2.05, 4.69) is 78.7 Å². The van der Waals surface area contributed by atoms with Crippen LogP contribution in [0.5, 0.6) is 0 Å². The lowest BCUT2D eigenvalue weighted by atomic mass is 9.77. The Morgan fingerprint density at radius 3 is 1.83 bits per heavy atom. The summed E-state index contributed by atoms with van der Waals surface area (Å²) in [4.78, 5) is 2.65. The molecule has 2 aromatic carbocycles. The van der Waals surface area contributed by atoms with E-state index in [1.54, 1.807) is 0 Å². The zero-order valence-electron chi connectivity index (χ0n) is 14.6. The highest BCUT2D eigenvalue weighted by Crippen LogP contribution is 2.38. The molecular weight excluding hydrogens is 290 g/mol. The Balaban J connectivity index is 1.68. The molecule has 0 spiro atoms. The molecule has 124 valence electrons. The first-order chi connectivity index (χ1) is 11.8. The Morgan fingerprint density at radius 2 is 1.33 bits per heavy atom. The van der Waals surface area contributed by atoms with Gasteiger partial charge >= 0.3 is 0 Å². The number of fused-ring (bicyclic) bond motifs is 2. The summed E-state index contributed by atoms with van der Waals surface area (Å²) in [6.45, 7) is 0. The average Bonchev–Trinajstić information content (AvgIpc) is 2.62. The second kappa shape index (κ2) is 6.94. The molecule has 2 bridgehead atoms. The van der Waals surface area contributed by atoms with Crippen LogP contribution >= 0.6 is 0 Å². The van der Waals surface area contributed by atoms with Gasteiger partial charge in [-0.2, -0.15) is 0 Å². The number of rotatable bonds is 3. The highest BCUT2D eigenvalue weighted by molar-refractivity contribution is 5.79. The van der Waals surface area contributed by atoms with E-state index >= 15 is 0 Å². The minimum Gasteiger partial charge on any atom is -0.300 e. The van der Waals surface area contributed by atoms with Gasteiger partial charge in [-0.1, -0.05) is 73.2 Å². The number of piperidine rings is 2. The third-order valence-electron chi connectivity index (χ3n) is 5.95. The molecule has 2 aliphatic heterocycles. The molecular formula is C23H27N. The summed E-state index contributed by atoms with van der Waals surface area (Å²) in [6.07, 6.45) is 9.38. The fourth-order valence-electron chi connectivity index (χ4n) is 4.62. The molecule has 2 fully saturated rings. The quantitative estimate of drug-likeness (QED) is 0.734. The largest absolute Gasteiger partial charge is 0.300 e. The molecule has 2 heterocycles. The lowest BCUT2D eigenvalue weighted by Gasteiger charge is -2.46. The van der Waals surface area contributed by atoms with Crippen LogP contribution in [0.1, 0.15) is 43.2 Å². The summed E-state index contributed by atoms with van der Waals surface area (Å²) in [5.41, 5.74) is 4.09. The Hall–Kier alpha value is -1.86. The Kier molecular flexibility index (Phi) is 4.53. The smallest absolute Gasteiger partial charge is 0.0101 e. The van der Waals surface area contributed by atoms with E-state index in [9.17, 15) is 0 Å². The molecule has 0 aliphatic carbocycles. The van der Waals surface area contributed by atoms with Crippen LogP contribution in [-0.4, -0.2) is 24.0 Å². The van der Waals surface area contributed by atoms with Crippen LogP contribution in [0.15, 0.2) is 66.7 Å². The molecule has 1 nitrogen and oxygen atoms in total. The molecule has 0 unspecified atom stereocenters. The van der Waals surface area contributed by atoms with Crippen molar-refractivity contribution in [3.8, 4) is 0 Å². The first-order valence-electron chi connectivity index (χ1n) is 9.36. The van der Waals surface area contributed by atoms with Crippen molar-refractivity contribution in [1.29, 1.82) is 0 Å². The first kappa shape index (κ1) is 15.7. The molecule has 2 saturated heterocycles. The van der Waals surface area contributed by atoms with E-state index in [0.29, 0.717) is 5.92 Å². The fraction of sp³-hybridized carbons (Fsp3) is 0.391. The lowest BCUT2D eigenvalue weighted by Crippen LogP contribution is -2.49. The highest BCUT2D eigenvalue weighted by atomic mass is 15.2. The van der Waals surface area contributed by atoms with Crippen LogP contribution in [0.25, 0.3) is 5.57 Å². The Bertz CT molecular complexity index is 633. The molecule has 24 heavy (non-hydrogen) atoms. The van der Waals surface area contributed by atoms with Crippen LogP contribution in [0.2, 0.25) is 0 Å². The topological polar surface area (TPSA) is 3.24 Å². The van der Waals surface area contributed by atoms with Gasteiger partial charge in [0, 0.05) is 12.1 Å². The summed E-state index contributed by atoms with van der Waals surface area (Å²) in [5.74, 6) is 0.701. The fourth-order valence-corrected chi connectivity index (χ4v) is 4.62. The summed E-state index contributed by atoms with van der Waals surface area (Å²) in [6, 6.07) is 23.3.